The van der Waals surface area contributed by atoms with Crippen molar-refractivity contribution in [1.82, 2.24) is 20.2 Å². The number of hydrogen-bond donors (Lipinski definition) is 2. The number of ether oxygens (including phenoxy) is 1. The van der Waals surface area contributed by atoms with E-state index in [1.165, 1.54) is 0 Å². The zero-order valence-corrected chi connectivity index (χ0v) is 19.0. The van der Waals surface area contributed by atoms with Crippen molar-refractivity contribution < 1.29 is 14.3 Å². The second-order valence-electron chi connectivity index (χ2n) is 8.61. The summed E-state index contributed by atoms with van der Waals surface area (Å²) in [7, 11) is 0. The van der Waals surface area contributed by atoms with Gasteiger partial charge >= 0.3 is 0 Å². The maximum atomic E-state index is 12.3. The van der Waals surface area contributed by atoms with Crippen LogP contribution in [0.2, 0.25) is 0 Å². The molecule has 0 radical (unpaired) electrons. The third kappa shape index (κ3) is 5.01. The highest BCUT2D eigenvalue weighted by Gasteiger charge is 2.37. The molecule has 0 aliphatic carbocycles. The third-order valence-corrected chi connectivity index (χ3v) is 5.77. The van der Waals surface area contributed by atoms with Crippen LogP contribution in [0.3, 0.4) is 0 Å². The monoisotopic (exact) mass is 445 g/mol. The Morgan fingerprint density at radius 1 is 1.09 bits per heavy atom. The normalized spacial score (nSPS) is 15.7. The molecule has 2 heterocycles. The van der Waals surface area contributed by atoms with E-state index in [9.17, 15) is 9.59 Å². The second-order valence-corrected chi connectivity index (χ2v) is 8.61. The average Bonchev–Trinajstić information content (AvgIpc) is 2.79. The maximum Gasteiger partial charge on any atom is 0.267 e. The minimum Gasteiger partial charge on any atom is -0.457 e. The van der Waals surface area contributed by atoms with Crippen molar-refractivity contribution in [3.05, 3.63) is 71.5 Å². The van der Waals surface area contributed by atoms with Crippen LogP contribution in [0.15, 0.2) is 54.6 Å². The van der Waals surface area contributed by atoms with Crippen molar-refractivity contribution in [2.45, 2.75) is 32.9 Å². The molecule has 0 spiro atoms. The number of piperazine rings is 1. The number of nitrogens with two attached hydrogens (primary N) is 1. The lowest BCUT2D eigenvalue weighted by atomic mass is 9.98. The number of carbonyl (C=O) groups excluding carboxylic acids is 2. The highest BCUT2D eigenvalue weighted by Crippen LogP contribution is 2.26. The van der Waals surface area contributed by atoms with Gasteiger partial charge in [0.25, 0.3) is 5.91 Å². The zero-order valence-electron chi connectivity index (χ0n) is 19.0. The summed E-state index contributed by atoms with van der Waals surface area (Å²) in [6.45, 7) is 7.38. The van der Waals surface area contributed by atoms with E-state index in [-0.39, 0.29) is 11.6 Å². The van der Waals surface area contributed by atoms with E-state index < -0.39 is 11.4 Å². The number of nitrogens with zero attached hydrogens (tertiary/aromatic N) is 3. The first-order valence-corrected chi connectivity index (χ1v) is 10.8. The topological polar surface area (TPSA) is 110 Å². The molecule has 1 aliphatic heterocycles. The van der Waals surface area contributed by atoms with E-state index in [1.54, 1.807) is 6.07 Å². The molecule has 8 heteroatoms. The van der Waals surface area contributed by atoms with Gasteiger partial charge in [-0.15, -0.1) is 0 Å². The molecule has 0 atom stereocenters. The van der Waals surface area contributed by atoms with Gasteiger partial charge in [-0.05, 0) is 63.2 Å². The molecule has 0 bridgehead atoms. The summed E-state index contributed by atoms with van der Waals surface area (Å²) in [4.78, 5) is 35.2. The number of benzene rings is 2. The number of primary amides is 1. The number of nitrogens with one attached hydrogen (secondary N) is 1. The average molecular weight is 446 g/mol. The molecular weight excluding hydrogens is 418 g/mol. The first kappa shape index (κ1) is 22.4. The summed E-state index contributed by atoms with van der Waals surface area (Å²) >= 11 is 0. The predicted molar refractivity (Wildman–Crippen MR) is 125 cm³/mol. The fourth-order valence-corrected chi connectivity index (χ4v) is 3.66. The van der Waals surface area contributed by atoms with Crippen LogP contribution in [0.25, 0.3) is 11.4 Å². The summed E-state index contributed by atoms with van der Waals surface area (Å²) in [6.07, 6.45) is 0. The quantitative estimate of drug-likeness (QED) is 0.603. The molecule has 170 valence electrons. The fourth-order valence-electron chi connectivity index (χ4n) is 3.66. The Morgan fingerprint density at radius 3 is 2.36 bits per heavy atom. The van der Waals surface area contributed by atoms with E-state index in [1.807, 2.05) is 74.2 Å². The van der Waals surface area contributed by atoms with E-state index in [0.717, 1.165) is 16.9 Å². The smallest absolute Gasteiger partial charge is 0.267 e. The van der Waals surface area contributed by atoms with Crippen molar-refractivity contribution in [3.63, 3.8) is 0 Å². The Balaban J connectivity index is 1.59. The maximum absolute atomic E-state index is 12.3. The lowest BCUT2D eigenvalue weighted by Crippen LogP contribution is -2.61. The van der Waals surface area contributed by atoms with Gasteiger partial charge in [0.05, 0.1) is 11.2 Å². The lowest BCUT2D eigenvalue weighted by molar-refractivity contribution is -0.135. The van der Waals surface area contributed by atoms with Crippen molar-refractivity contribution in [3.8, 4) is 22.9 Å². The first-order valence-electron chi connectivity index (χ1n) is 10.8. The summed E-state index contributed by atoms with van der Waals surface area (Å²) in [5.41, 5.74) is 7.49. The van der Waals surface area contributed by atoms with Gasteiger partial charge in [-0.2, -0.15) is 0 Å². The van der Waals surface area contributed by atoms with Gasteiger partial charge in [0, 0.05) is 25.2 Å². The summed E-state index contributed by atoms with van der Waals surface area (Å²) in [5.74, 6) is 1.14. The van der Waals surface area contributed by atoms with Crippen LogP contribution < -0.4 is 15.8 Å². The number of amides is 2. The molecule has 4 rings (SSSR count). The van der Waals surface area contributed by atoms with Gasteiger partial charge in [0.15, 0.2) is 5.82 Å². The molecule has 33 heavy (non-hydrogen) atoms. The number of rotatable bonds is 6. The molecule has 0 unspecified atom stereocenters. The molecule has 1 aliphatic rings. The SMILES string of the molecule is Cc1ccc(Oc2ccc(-c3nc(CN4CCNC(=O)C4(C)C)cc(C(N)=O)n3)cc2)cc1. The highest BCUT2D eigenvalue weighted by molar-refractivity contribution is 5.91. The van der Waals surface area contributed by atoms with Gasteiger partial charge in [-0.1, -0.05) is 17.7 Å². The molecule has 2 aromatic carbocycles. The molecule has 1 aromatic heterocycles. The van der Waals surface area contributed by atoms with E-state index >= 15 is 0 Å². The number of hydrogen-bond acceptors (Lipinski definition) is 6. The van der Waals surface area contributed by atoms with Gasteiger partial charge in [-0.25, -0.2) is 9.97 Å². The first-order chi connectivity index (χ1) is 15.7. The second kappa shape index (κ2) is 8.99. The molecule has 1 fully saturated rings. The van der Waals surface area contributed by atoms with E-state index in [0.29, 0.717) is 36.9 Å². The highest BCUT2D eigenvalue weighted by atomic mass is 16.5. The summed E-state index contributed by atoms with van der Waals surface area (Å²) in [6, 6.07) is 16.7. The van der Waals surface area contributed by atoms with E-state index in [4.69, 9.17) is 10.5 Å². The Hall–Kier alpha value is -3.78. The zero-order chi connectivity index (χ0) is 23.6. The van der Waals surface area contributed by atoms with Crippen LogP contribution in [0.4, 0.5) is 0 Å². The Bertz CT molecular complexity index is 1170. The minimum atomic E-state index is -0.689. The lowest BCUT2D eigenvalue weighted by Gasteiger charge is -2.40. The number of carbonyl (C=O) groups is 2. The standard InChI is InChI=1S/C25H27N5O3/c1-16-4-8-19(9-5-16)33-20-10-6-17(7-11-20)23-28-18(14-21(29-23)22(26)31)15-30-13-12-27-24(32)25(30,2)3/h4-11,14H,12-13,15H2,1-3H3,(H2,26,31)(H,27,32). The third-order valence-electron chi connectivity index (χ3n) is 5.77. The van der Waals surface area contributed by atoms with Gasteiger partial charge in [0.1, 0.15) is 17.2 Å². The Kier molecular flexibility index (Phi) is 6.11. The molecule has 3 N–H and O–H groups in total. The van der Waals surface area contributed by atoms with Gasteiger partial charge in [0.2, 0.25) is 5.91 Å². The van der Waals surface area contributed by atoms with Crippen molar-refractivity contribution in [2.75, 3.05) is 13.1 Å². The number of aryl methyl sites for hydroxylation is 1. The van der Waals surface area contributed by atoms with Gasteiger partial charge in [-0.3, -0.25) is 14.5 Å². The molecule has 3 aromatic rings. The van der Waals surface area contributed by atoms with Crippen LogP contribution in [-0.2, 0) is 11.3 Å². The van der Waals surface area contributed by atoms with E-state index in [2.05, 4.69) is 15.3 Å². The van der Waals surface area contributed by atoms with Crippen LogP contribution in [-0.4, -0.2) is 45.3 Å². The van der Waals surface area contributed by atoms with Crippen LogP contribution in [0.1, 0.15) is 35.6 Å². The molecular formula is C25H27N5O3. The van der Waals surface area contributed by atoms with Crippen LogP contribution >= 0.6 is 0 Å². The summed E-state index contributed by atoms with van der Waals surface area (Å²) < 4.78 is 5.88. The largest absolute Gasteiger partial charge is 0.457 e. The minimum absolute atomic E-state index is 0.0395. The van der Waals surface area contributed by atoms with Crippen molar-refractivity contribution in [2.24, 2.45) is 5.73 Å². The molecule has 8 nitrogen and oxygen atoms in total. The predicted octanol–water partition coefficient (Wildman–Crippen LogP) is 3.05. The van der Waals surface area contributed by atoms with Crippen molar-refractivity contribution >= 4 is 11.8 Å². The van der Waals surface area contributed by atoms with Crippen LogP contribution in [0.5, 0.6) is 11.5 Å². The molecule has 1 saturated heterocycles. The Labute approximate surface area is 192 Å². The number of aromatic nitrogens is 2. The fraction of sp³-hybridized carbons (Fsp3) is 0.280. The molecule has 0 saturated carbocycles. The van der Waals surface area contributed by atoms with Gasteiger partial charge < -0.3 is 15.8 Å². The van der Waals surface area contributed by atoms with Crippen LogP contribution in [0, 0.1) is 6.92 Å². The summed E-state index contributed by atoms with van der Waals surface area (Å²) in [5, 5.41) is 2.88. The Morgan fingerprint density at radius 2 is 1.73 bits per heavy atom. The van der Waals surface area contributed by atoms with Crippen molar-refractivity contribution in [1.29, 1.82) is 0 Å². The molecule has 2 amide bonds.